The number of aliphatic carboxylic acids is 1. The predicted octanol–water partition coefficient (Wildman–Crippen LogP) is 0.302. The zero-order valence-corrected chi connectivity index (χ0v) is 7.10. The van der Waals surface area contributed by atoms with E-state index in [1.807, 2.05) is 0 Å². The summed E-state index contributed by atoms with van der Waals surface area (Å²) in [4.78, 5) is 23.1. The molecular weight excluding hydrogens is 174 g/mol. The van der Waals surface area contributed by atoms with E-state index in [-0.39, 0.29) is 6.54 Å². The molecule has 1 N–H and O–H groups in total. The summed E-state index contributed by atoms with van der Waals surface area (Å²) in [5, 5.41) is 8.59. The number of carboxylic acid groups (broad SMARTS) is 1. The molecule has 5 nitrogen and oxygen atoms in total. The molecule has 1 aliphatic carbocycles. The van der Waals surface area contributed by atoms with Gasteiger partial charge < -0.3 is 14.7 Å². The van der Waals surface area contributed by atoms with E-state index >= 15 is 0 Å². The molecule has 1 atom stereocenters. The van der Waals surface area contributed by atoms with Crippen LogP contribution < -0.4 is 0 Å². The molecule has 2 aliphatic rings. The van der Waals surface area contributed by atoms with Gasteiger partial charge in [0.15, 0.2) is 0 Å². The normalized spacial score (nSPS) is 27.5. The van der Waals surface area contributed by atoms with Crippen molar-refractivity contribution in [1.29, 1.82) is 0 Å². The maximum absolute atomic E-state index is 11.1. The van der Waals surface area contributed by atoms with Crippen LogP contribution in [0.1, 0.15) is 12.8 Å². The number of hydrogen-bond donors (Lipinski definition) is 1. The van der Waals surface area contributed by atoms with Gasteiger partial charge in [-0.2, -0.15) is 0 Å². The minimum absolute atomic E-state index is 0.199. The Labute approximate surface area is 75.3 Å². The second-order valence-electron chi connectivity index (χ2n) is 3.56. The largest absolute Gasteiger partial charge is 0.478 e. The molecule has 0 aromatic heterocycles. The fourth-order valence-corrected chi connectivity index (χ4v) is 1.40. The first-order valence-corrected chi connectivity index (χ1v) is 4.35. The van der Waals surface area contributed by atoms with Crippen LogP contribution in [0.3, 0.4) is 0 Å². The molecule has 0 spiro atoms. The highest BCUT2D eigenvalue weighted by Crippen LogP contribution is 2.31. The topological polar surface area (TPSA) is 66.8 Å². The average molecular weight is 185 g/mol. The van der Waals surface area contributed by atoms with Crippen molar-refractivity contribution < 1.29 is 19.4 Å². The number of carbonyl (C=O) groups is 2. The molecule has 1 heterocycles. The van der Waals surface area contributed by atoms with Crippen LogP contribution in [0, 0.1) is 5.92 Å². The lowest BCUT2D eigenvalue weighted by Crippen LogP contribution is -2.29. The van der Waals surface area contributed by atoms with E-state index in [1.165, 1.54) is 4.90 Å². The van der Waals surface area contributed by atoms with Crippen molar-refractivity contribution in [3.05, 3.63) is 0 Å². The van der Waals surface area contributed by atoms with Crippen LogP contribution in [0.5, 0.6) is 0 Å². The number of cyclic esters (lactones) is 1. The highest BCUT2D eigenvalue weighted by molar-refractivity contribution is 5.81. The van der Waals surface area contributed by atoms with Gasteiger partial charge in [-0.15, -0.1) is 0 Å². The Bertz CT molecular complexity index is 249. The average Bonchev–Trinajstić information content (AvgIpc) is 2.78. The zero-order valence-electron chi connectivity index (χ0n) is 7.10. The van der Waals surface area contributed by atoms with Gasteiger partial charge in [-0.05, 0) is 18.8 Å². The van der Waals surface area contributed by atoms with Gasteiger partial charge >= 0.3 is 12.1 Å². The van der Waals surface area contributed by atoms with E-state index in [0.717, 1.165) is 12.8 Å². The molecule has 1 saturated heterocycles. The van der Waals surface area contributed by atoms with Gasteiger partial charge in [-0.1, -0.05) is 0 Å². The Morgan fingerprint density at radius 1 is 1.62 bits per heavy atom. The van der Waals surface area contributed by atoms with Gasteiger partial charge in [0.2, 0.25) is 6.10 Å². The predicted molar refractivity (Wildman–Crippen MR) is 42.2 cm³/mol. The van der Waals surface area contributed by atoms with Gasteiger partial charge in [-0.3, -0.25) is 0 Å². The lowest BCUT2D eigenvalue weighted by molar-refractivity contribution is -0.144. The van der Waals surface area contributed by atoms with Crippen molar-refractivity contribution >= 4 is 12.1 Å². The Kier molecular flexibility index (Phi) is 1.86. The molecule has 2 rings (SSSR count). The second-order valence-corrected chi connectivity index (χ2v) is 3.56. The monoisotopic (exact) mass is 185 g/mol. The van der Waals surface area contributed by atoms with Crippen molar-refractivity contribution in [3.63, 3.8) is 0 Å². The first-order chi connectivity index (χ1) is 6.16. The van der Waals surface area contributed by atoms with Crippen LogP contribution in [0.15, 0.2) is 0 Å². The molecule has 1 amide bonds. The lowest BCUT2D eigenvalue weighted by atomic mass is 10.3. The smallest absolute Gasteiger partial charge is 0.410 e. The zero-order chi connectivity index (χ0) is 9.42. The summed E-state index contributed by atoms with van der Waals surface area (Å²) >= 11 is 0. The molecule has 0 bridgehead atoms. The Morgan fingerprint density at radius 3 is 2.77 bits per heavy atom. The van der Waals surface area contributed by atoms with Crippen LogP contribution in [-0.2, 0) is 9.53 Å². The summed E-state index contributed by atoms with van der Waals surface area (Å²) in [6, 6.07) is 0. The molecule has 2 fully saturated rings. The molecular formula is C8H11NO4. The molecule has 1 aliphatic heterocycles. The fraction of sp³-hybridized carbons (Fsp3) is 0.750. The maximum atomic E-state index is 11.1. The highest BCUT2D eigenvalue weighted by atomic mass is 16.6. The number of rotatable bonds is 3. The summed E-state index contributed by atoms with van der Waals surface area (Å²) in [5.74, 6) is -0.494. The molecule has 0 aromatic carbocycles. The third kappa shape index (κ3) is 1.74. The van der Waals surface area contributed by atoms with Crippen molar-refractivity contribution in [1.82, 2.24) is 4.90 Å². The SMILES string of the molecule is O=C(O)C1CN(CC2CC2)C(=O)O1. The number of carbonyl (C=O) groups excluding carboxylic acids is 1. The van der Waals surface area contributed by atoms with Crippen LogP contribution in [0.4, 0.5) is 4.79 Å². The number of hydrogen-bond acceptors (Lipinski definition) is 3. The van der Waals surface area contributed by atoms with Gasteiger partial charge in [0.1, 0.15) is 0 Å². The summed E-state index contributed by atoms with van der Waals surface area (Å²) in [7, 11) is 0. The van der Waals surface area contributed by atoms with Crippen molar-refractivity contribution in [2.45, 2.75) is 18.9 Å². The maximum Gasteiger partial charge on any atom is 0.410 e. The van der Waals surface area contributed by atoms with E-state index in [4.69, 9.17) is 5.11 Å². The van der Waals surface area contributed by atoms with E-state index in [0.29, 0.717) is 12.5 Å². The number of nitrogens with zero attached hydrogens (tertiary/aromatic N) is 1. The Balaban J connectivity index is 1.90. The van der Waals surface area contributed by atoms with Crippen molar-refractivity contribution in [2.24, 2.45) is 5.92 Å². The lowest BCUT2D eigenvalue weighted by Gasteiger charge is -2.10. The van der Waals surface area contributed by atoms with Gasteiger partial charge in [-0.25, -0.2) is 9.59 Å². The molecule has 0 radical (unpaired) electrons. The van der Waals surface area contributed by atoms with Gasteiger partial charge in [0.05, 0.1) is 6.54 Å². The van der Waals surface area contributed by atoms with Gasteiger partial charge in [0.25, 0.3) is 0 Å². The second kappa shape index (κ2) is 2.90. The molecule has 1 unspecified atom stereocenters. The number of amides is 1. The number of carboxylic acids is 1. The molecule has 72 valence electrons. The van der Waals surface area contributed by atoms with Crippen LogP contribution in [0.25, 0.3) is 0 Å². The van der Waals surface area contributed by atoms with Crippen molar-refractivity contribution in [2.75, 3.05) is 13.1 Å². The first kappa shape index (κ1) is 8.34. The van der Waals surface area contributed by atoms with Crippen LogP contribution in [0.2, 0.25) is 0 Å². The quantitative estimate of drug-likeness (QED) is 0.686. The van der Waals surface area contributed by atoms with Crippen LogP contribution >= 0.6 is 0 Å². The third-order valence-electron chi connectivity index (χ3n) is 2.34. The molecule has 13 heavy (non-hydrogen) atoms. The minimum Gasteiger partial charge on any atom is -0.478 e. The third-order valence-corrected chi connectivity index (χ3v) is 2.34. The Morgan fingerprint density at radius 2 is 2.31 bits per heavy atom. The van der Waals surface area contributed by atoms with Crippen LogP contribution in [-0.4, -0.2) is 41.3 Å². The number of ether oxygens (including phenoxy) is 1. The summed E-state index contributed by atoms with van der Waals surface area (Å²) in [6.45, 7) is 0.854. The van der Waals surface area contributed by atoms with E-state index < -0.39 is 18.2 Å². The first-order valence-electron chi connectivity index (χ1n) is 4.35. The molecule has 5 heteroatoms. The van der Waals surface area contributed by atoms with Gasteiger partial charge in [0, 0.05) is 6.54 Å². The minimum atomic E-state index is -1.06. The van der Waals surface area contributed by atoms with E-state index in [9.17, 15) is 9.59 Å². The Hall–Kier alpha value is -1.26. The molecule has 0 aromatic rings. The van der Waals surface area contributed by atoms with Crippen molar-refractivity contribution in [3.8, 4) is 0 Å². The standard InChI is InChI=1S/C8H11NO4/c10-7(11)6-4-9(8(12)13-6)3-5-1-2-5/h5-6H,1-4H2,(H,10,11). The van der Waals surface area contributed by atoms with E-state index in [2.05, 4.69) is 4.74 Å². The fourth-order valence-electron chi connectivity index (χ4n) is 1.40. The van der Waals surface area contributed by atoms with E-state index in [1.54, 1.807) is 0 Å². The highest BCUT2D eigenvalue weighted by Gasteiger charge is 2.38. The molecule has 1 saturated carbocycles. The summed E-state index contributed by atoms with van der Waals surface area (Å²) in [6.07, 6.45) is 0.828. The summed E-state index contributed by atoms with van der Waals surface area (Å²) in [5.41, 5.74) is 0. The summed E-state index contributed by atoms with van der Waals surface area (Å²) < 4.78 is 4.65.